The number of aromatic nitrogens is 1. The number of nitrogens with one attached hydrogen (secondary N) is 1. The molecule has 0 aliphatic heterocycles. The first kappa shape index (κ1) is 26.6. The molecule has 0 spiro atoms. The Morgan fingerprint density at radius 1 is 0.946 bits per heavy atom. The fourth-order valence-corrected chi connectivity index (χ4v) is 4.66. The van der Waals surface area contributed by atoms with E-state index in [0.717, 1.165) is 26.5 Å². The zero-order valence-electron chi connectivity index (χ0n) is 21.1. The Morgan fingerprint density at radius 3 is 2.35 bits per heavy atom. The van der Waals surface area contributed by atoms with Crippen LogP contribution in [0, 0.1) is 11.7 Å². The summed E-state index contributed by atoms with van der Waals surface area (Å²) in [6.45, 7) is 5.30. The number of carbonyl (C=O) groups excluding carboxylic acids is 2. The minimum Gasteiger partial charge on any atom is -0.361 e. The molecule has 0 saturated heterocycles. The van der Waals surface area contributed by atoms with E-state index in [4.69, 9.17) is 0 Å². The Bertz CT molecular complexity index is 1350. The van der Waals surface area contributed by atoms with E-state index in [9.17, 15) is 14.0 Å². The molecule has 192 valence electrons. The number of hydrogen-bond donors (Lipinski definition) is 1. The van der Waals surface area contributed by atoms with Crippen molar-refractivity contribution in [3.8, 4) is 0 Å². The first-order valence-electron chi connectivity index (χ1n) is 12.4. The summed E-state index contributed by atoms with van der Waals surface area (Å²) in [5.41, 5.74) is 3.55. The molecule has 37 heavy (non-hydrogen) atoms. The van der Waals surface area contributed by atoms with Crippen molar-refractivity contribution < 1.29 is 14.0 Å². The zero-order valence-corrected chi connectivity index (χ0v) is 22.7. The molecular weight excluding hydrogens is 533 g/mol. The number of nitrogens with zero attached hydrogens (tertiary/aromatic N) is 2. The molecule has 0 bridgehead atoms. The van der Waals surface area contributed by atoms with E-state index in [1.807, 2.05) is 50.4 Å². The smallest absolute Gasteiger partial charge is 0.254 e. The Morgan fingerprint density at radius 2 is 1.65 bits per heavy atom. The molecule has 2 amide bonds. The SMILES string of the molecule is CC(C)CN(CC(=O)N(CCc1c[nH]c2ccccc12)Cc1ccc(F)cc1)C(=O)c1ccc(Br)cc1. The molecule has 0 fully saturated rings. The first-order chi connectivity index (χ1) is 17.8. The monoisotopic (exact) mass is 563 g/mol. The van der Waals surface area contributed by atoms with Gasteiger partial charge in [-0.05, 0) is 65.9 Å². The topological polar surface area (TPSA) is 56.4 Å². The van der Waals surface area contributed by atoms with Crippen molar-refractivity contribution in [2.24, 2.45) is 5.92 Å². The van der Waals surface area contributed by atoms with Crippen molar-refractivity contribution in [3.05, 3.63) is 106 Å². The lowest BCUT2D eigenvalue weighted by molar-refractivity contribution is -0.132. The Kier molecular flexibility index (Phi) is 8.77. The van der Waals surface area contributed by atoms with Crippen molar-refractivity contribution >= 4 is 38.6 Å². The first-order valence-corrected chi connectivity index (χ1v) is 13.2. The maximum Gasteiger partial charge on any atom is 0.254 e. The number of aromatic amines is 1. The van der Waals surface area contributed by atoms with Gasteiger partial charge in [0.1, 0.15) is 12.4 Å². The summed E-state index contributed by atoms with van der Waals surface area (Å²) >= 11 is 3.40. The molecule has 1 heterocycles. The summed E-state index contributed by atoms with van der Waals surface area (Å²) in [6, 6.07) is 21.4. The van der Waals surface area contributed by atoms with E-state index in [-0.39, 0.29) is 30.1 Å². The van der Waals surface area contributed by atoms with Crippen LogP contribution in [0.5, 0.6) is 0 Å². The third-order valence-corrected chi connectivity index (χ3v) is 6.78. The van der Waals surface area contributed by atoms with E-state index in [2.05, 4.69) is 27.0 Å². The van der Waals surface area contributed by atoms with Gasteiger partial charge in [0, 0.05) is 46.8 Å². The third kappa shape index (κ3) is 7.07. The third-order valence-electron chi connectivity index (χ3n) is 6.26. The van der Waals surface area contributed by atoms with Gasteiger partial charge in [-0.25, -0.2) is 4.39 Å². The molecular formula is C30H31BrFN3O2. The van der Waals surface area contributed by atoms with Gasteiger partial charge in [0.05, 0.1) is 0 Å². The highest BCUT2D eigenvalue weighted by atomic mass is 79.9. The number of fused-ring (bicyclic) bond motifs is 1. The average molecular weight is 564 g/mol. The van der Waals surface area contributed by atoms with E-state index in [0.29, 0.717) is 31.6 Å². The molecule has 7 heteroatoms. The Balaban J connectivity index is 1.55. The number of halogens is 2. The second kappa shape index (κ2) is 12.2. The zero-order chi connectivity index (χ0) is 26.4. The van der Waals surface area contributed by atoms with Crippen LogP contribution < -0.4 is 0 Å². The second-order valence-electron chi connectivity index (χ2n) is 9.64. The van der Waals surface area contributed by atoms with Crippen LogP contribution in [-0.2, 0) is 17.8 Å². The number of amides is 2. The fourth-order valence-electron chi connectivity index (χ4n) is 4.39. The minimum atomic E-state index is -0.316. The molecule has 1 aromatic heterocycles. The van der Waals surface area contributed by atoms with Crippen molar-refractivity contribution in [1.82, 2.24) is 14.8 Å². The second-order valence-corrected chi connectivity index (χ2v) is 10.6. The van der Waals surface area contributed by atoms with Gasteiger partial charge in [-0.3, -0.25) is 9.59 Å². The molecule has 3 aromatic carbocycles. The van der Waals surface area contributed by atoms with E-state index in [1.165, 1.54) is 12.1 Å². The minimum absolute atomic E-state index is 0.0256. The molecule has 0 radical (unpaired) electrons. The number of para-hydroxylation sites is 1. The molecule has 1 N–H and O–H groups in total. The summed E-state index contributed by atoms with van der Waals surface area (Å²) in [5, 5.41) is 1.13. The lowest BCUT2D eigenvalue weighted by Crippen LogP contribution is -2.44. The van der Waals surface area contributed by atoms with Crippen LogP contribution in [-0.4, -0.2) is 46.2 Å². The lowest BCUT2D eigenvalue weighted by Gasteiger charge is -2.29. The number of carbonyl (C=O) groups is 2. The maximum absolute atomic E-state index is 13.7. The van der Waals surface area contributed by atoms with Crippen LogP contribution in [0.15, 0.2) is 83.5 Å². The van der Waals surface area contributed by atoms with E-state index >= 15 is 0 Å². The predicted octanol–water partition coefficient (Wildman–Crippen LogP) is 6.44. The van der Waals surface area contributed by atoms with Crippen molar-refractivity contribution in [2.75, 3.05) is 19.6 Å². The summed E-state index contributed by atoms with van der Waals surface area (Å²) in [4.78, 5) is 33.7. The molecule has 4 rings (SSSR count). The summed E-state index contributed by atoms with van der Waals surface area (Å²) < 4.78 is 14.4. The highest BCUT2D eigenvalue weighted by Gasteiger charge is 2.23. The Hall–Kier alpha value is -3.45. The molecule has 4 aromatic rings. The normalized spacial score (nSPS) is 11.2. The van der Waals surface area contributed by atoms with Gasteiger partial charge < -0.3 is 14.8 Å². The lowest BCUT2D eigenvalue weighted by atomic mass is 10.1. The van der Waals surface area contributed by atoms with E-state index in [1.54, 1.807) is 34.1 Å². The van der Waals surface area contributed by atoms with Crippen LogP contribution in [0.1, 0.15) is 35.3 Å². The van der Waals surface area contributed by atoms with Crippen LogP contribution in [0.2, 0.25) is 0 Å². The van der Waals surface area contributed by atoms with Crippen LogP contribution in [0.25, 0.3) is 10.9 Å². The van der Waals surface area contributed by atoms with Gasteiger partial charge in [0.2, 0.25) is 5.91 Å². The number of rotatable bonds is 10. The quantitative estimate of drug-likeness (QED) is 0.241. The molecule has 0 saturated carbocycles. The van der Waals surface area contributed by atoms with Gasteiger partial charge in [0.15, 0.2) is 0 Å². The van der Waals surface area contributed by atoms with Gasteiger partial charge in [-0.15, -0.1) is 0 Å². The van der Waals surface area contributed by atoms with Gasteiger partial charge in [-0.2, -0.15) is 0 Å². The fraction of sp³-hybridized carbons (Fsp3) is 0.267. The summed E-state index contributed by atoms with van der Waals surface area (Å²) in [7, 11) is 0. The number of hydrogen-bond acceptors (Lipinski definition) is 2. The van der Waals surface area contributed by atoms with Gasteiger partial charge >= 0.3 is 0 Å². The standard InChI is InChI=1S/C30H31BrFN3O2/c1-21(2)18-35(30(37)23-9-11-25(31)12-10-23)20-29(36)34(19-22-7-13-26(32)14-8-22)16-15-24-17-33-28-6-4-3-5-27(24)28/h3-14,17,21,33H,15-16,18-20H2,1-2H3. The highest BCUT2D eigenvalue weighted by Crippen LogP contribution is 2.19. The predicted molar refractivity (Wildman–Crippen MR) is 149 cm³/mol. The van der Waals surface area contributed by atoms with Gasteiger partial charge in [0.25, 0.3) is 5.91 Å². The summed E-state index contributed by atoms with van der Waals surface area (Å²) in [5.74, 6) is -0.434. The molecule has 0 unspecified atom stereocenters. The largest absolute Gasteiger partial charge is 0.361 e. The Labute approximate surface area is 225 Å². The molecule has 0 aliphatic rings. The maximum atomic E-state index is 13.7. The van der Waals surface area contributed by atoms with Gasteiger partial charge in [-0.1, -0.05) is 60.1 Å². The summed E-state index contributed by atoms with van der Waals surface area (Å²) in [6.07, 6.45) is 2.63. The number of H-pyrrole nitrogens is 1. The van der Waals surface area contributed by atoms with Crippen LogP contribution >= 0.6 is 15.9 Å². The van der Waals surface area contributed by atoms with Crippen molar-refractivity contribution in [3.63, 3.8) is 0 Å². The molecule has 0 atom stereocenters. The van der Waals surface area contributed by atoms with Crippen LogP contribution in [0.3, 0.4) is 0 Å². The van der Waals surface area contributed by atoms with Crippen molar-refractivity contribution in [1.29, 1.82) is 0 Å². The number of benzene rings is 3. The van der Waals surface area contributed by atoms with Crippen LogP contribution in [0.4, 0.5) is 4.39 Å². The highest BCUT2D eigenvalue weighted by molar-refractivity contribution is 9.10. The molecule has 0 aliphatic carbocycles. The average Bonchev–Trinajstić information content (AvgIpc) is 3.30. The molecule has 5 nitrogen and oxygen atoms in total. The van der Waals surface area contributed by atoms with Crippen molar-refractivity contribution in [2.45, 2.75) is 26.8 Å². The van der Waals surface area contributed by atoms with E-state index < -0.39 is 0 Å².